The van der Waals surface area contributed by atoms with Crippen molar-refractivity contribution in [2.75, 3.05) is 5.32 Å². The third kappa shape index (κ3) is 3.48. The Hall–Kier alpha value is -1.54. The van der Waals surface area contributed by atoms with Gasteiger partial charge in [-0.05, 0) is 30.0 Å². The molecule has 0 saturated heterocycles. The number of anilines is 1. The fourth-order valence-corrected chi connectivity index (χ4v) is 2.27. The molecule has 0 radical (unpaired) electrons. The van der Waals surface area contributed by atoms with Crippen LogP contribution in [0.25, 0.3) is 0 Å². The van der Waals surface area contributed by atoms with Gasteiger partial charge in [0.2, 0.25) is 0 Å². The average Bonchev–Trinajstić information content (AvgIpc) is 2.40. The van der Waals surface area contributed by atoms with Crippen LogP contribution in [0.4, 0.5) is 5.69 Å². The third-order valence-electron chi connectivity index (χ3n) is 3.11. The standard InChI is InChI=1S/C16H19ClN2/c1-11(2)15(13-7-5-4-6-8-13)19-14-9-12(3)10-18-16(14)17/h4-11,15,19H,1-3H3. The van der Waals surface area contributed by atoms with Gasteiger partial charge in [-0.25, -0.2) is 4.98 Å². The van der Waals surface area contributed by atoms with Gasteiger partial charge in [0, 0.05) is 6.20 Å². The van der Waals surface area contributed by atoms with Gasteiger partial charge >= 0.3 is 0 Å². The first-order valence-corrected chi connectivity index (χ1v) is 6.89. The van der Waals surface area contributed by atoms with Gasteiger partial charge in [0.15, 0.2) is 5.15 Å². The van der Waals surface area contributed by atoms with E-state index in [0.717, 1.165) is 11.3 Å². The highest BCUT2D eigenvalue weighted by atomic mass is 35.5. The Kier molecular flexibility index (Phi) is 4.43. The molecule has 2 nitrogen and oxygen atoms in total. The zero-order valence-electron chi connectivity index (χ0n) is 11.5. The monoisotopic (exact) mass is 274 g/mol. The molecule has 0 saturated carbocycles. The van der Waals surface area contributed by atoms with Gasteiger partial charge in [0.05, 0.1) is 11.7 Å². The maximum Gasteiger partial charge on any atom is 0.152 e. The summed E-state index contributed by atoms with van der Waals surface area (Å²) >= 11 is 6.16. The average molecular weight is 275 g/mol. The summed E-state index contributed by atoms with van der Waals surface area (Å²) in [6.07, 6.45) is 1.78. The molecule has 0 aliphatic heterocycles. The molecule has 1 unspecified atom stereocenters. The molecule has 19 heavy (non-hydrogen) atoms. The molecule has 0 bridgehead atoms. The summed E-state index contributed by atoms with van der Waals surface area (Å²) in [7, 11) is 0. The fraction of sp³-hybridized carbons (Fsp3) is 0.312. The van der Waals surface area contributed by atoms with Crippen molar-refractivity contribution in [3.8, 4) is 0 Å². The van der Waals surface area contributed by atoms with E-state index >= 15 is 0 Å². The number of aromatic nitrogens is 1. The Labute approximate surface area is 119 Å². The number of halogens is 1. The topological polar surface area (TPSA) is 24.9 Å². The highest BCUT2D eigenvalue weighted by Crippen LogP contribution is 2.29. The van der Waals surface area contributed by atoms with E-state index in [2.05, 4.69) is 48.4 Å². The highest BCUT2D eigenvalue weighted by molar-refractivity contribution is 6.32. The van der Waals surface area contributed by atoms with E-state index in [1.807, 2.05) is 19.1 Å². The lowest BCUT2D eigenvalue weighted by atomic mass is 9.96. The van der Waals surface area contributed by atoms with Crippen molar-refractivity contribution >= 4 is 17.3 Å². The molecule has 0 spiro atoms. The number of rotatable bonds is 4. The van der Waals surface area contributed by atoms with Crippen LogP contribution in [-0.4, -0.2) is 4.98 Å². The van der Waals surface area contributed by atoms with Crippen molar-refractivity contribution in [2.24, 2.45) is 5.92 Å². The lowest BCUT2D eigenvalue weighted by Crippen LogP contribution is -2.17. The molecule has 3 heteroatoms. The minimum Gasteiger partial charge on any atom is -0.375 e. The van der Waals surface area contributed by atoms with E-state index in [1.165, 1.54) is 5.56 Å². The molecule has 0 amide bonds. The van der Waals surface area contributed by atoms with Crippen LogP contribution in [0.15, 0.2) is 42.6 Å². The van der Waals surface area contributed by atoms with Crippen molar-refractivity contribution in [3.05, 3.63) is 58.9 Å². The highest BCUT2D eigenvalue weighted by Gasteiger charge is 2.16. The predicted octanol–water partition coefficient (Wildman–Crippen LogP) is 4.85. The SMILES string of the molecule is Cc1cnc(Cl)c(NC(c2ccccc2)C(C)C)c1. The van der Waals surface area contributed by atoms with Crippen molar-refractivity contribution < 1.29 is 0 Å². The zero-order valence-corrected chi connectivity index (χ0v) is 12.3. The Morgan fingerprint density at radius 3 is 2.47 bits per heavy atom. The molecule has 2 rings (SSSR count). The van der Waals surface area contributed by atoms with Crippen LogP contribution in [0, 0.1) is 12.8 Å². The number of hydrogen-bond donors (Lipinski definition) is 1. The summed E-state index contributed by atoms with van der Waals surface area (Å²) in [6, 6.07) is 12.7. The summed E-state index contributed by atoms with van der Waals surface area (Å²) in [5, 5.41) is 4.03. The maximum absolute atomic E-state index is 6.16. The van der Waals surface area contributed by atoms with E-state index in [4.69, 9.17) is 11.6 Å². The first-order valence-electron chi connectivity index (χ1n) is 6.51. The molecule has 2 aromatic rings. The number of hydrogen-bond acceptors (Lipinski definition) is 2. The lowest BCUT2D eigenvalue weighted by Gasteiger charge is -2.24. The van der Waals surface area contributed by atoms with Crippen LogP contribution in [0.1, 0.15) is 31.0 Å². The van der Waals surface area contributed by atoms with Crippen LogP contribution in [0.2, 0.25) is 5.15 Å². The predicted molar refractivity (Wildman–Crippen MR) is 81.6 cm³/mol. The van der Waals surface area contributed by atoms with E-state index in [9.17, 15) is 0 Å². The molecule has 0 aliphatic carbocycles. The molecular formula is C16H19ClN2. The molecule has 1 N–H and O–H groups in total. The van der Waals surface area contributed by atoms with Crippen LogP contribution >= 0.6 is 11.6 Å². The van der Waals surface area contributed by atoms with Crippen molar-refractivity contribution in [3.63, 3.8) is 0 Å². The van der Waals surface area contributed by atoms with Crippen molar-refractivity contribution in [1.29, 1.82) is 0 Å². The minimum absolute atomic E-state index is 0.224. The zero-order chi connectivity index (χ0) is 13.8. The quantitative estimate of drug-likeness (QED) is 0.806. The van der Waals surface area contributed by atoms with E-state index < -0.39 is 0 Å². The largest absolute Gasteiger partial charge is 0.375 e. The van der Waals surface area contributed by atoms with Crippen LogP contribution < -0.4 is 5.32 Å². The fourth-order valence-electron chi connectivity index (χ4n) is 2.12. The second kappa shape index (κ2) is 6.07. The lowest BCUT2D eigenvalue weighted by molar-refractivity contribution is 0.546. The van der Waals surface area contributed by atoms with Gasteiger partial charge in [-0.15, -0.1) is 0 Å². The van der Waals surface area contributed by atoms with Crippen LogP contribution in [0.3, 0.4) is 0 Å². The summed E-state index contributed by atoms with van der Waals surface area (Å²) in [6.45, 7) is 6.41. The Bertz CT molecular complexity index is 538. The van der Waals surface area contributed by atoms with E-state index in [-0.39, 0.29) is 6.04 Å². The summed E-state index contributed by atoms with van der Waals surface area (Å²) in [5.74, 6) is 0.457. The Balaban J connectivity index is 2.29. The second-order valence-corrected chi connectivity index (χ2v) is 5.49. The molecule has 1 aromatic heterocycles. The van der Waals surface area contributed by atoms with Gasteiger partial charge in [0.25, 0.3) is 0 Å². The Morgan fingerprint density at radius 2 is 1.84 bits per heavy atom. The summed E-state index contributed by atoms with van der Waals surface area (Å²) in [4.78, 5) is 4.19. The second-order valence-electron chi connectivity index (χ2n) is 5.13. The van der Waals surface area contributed by atoms with Gasteiger partial charge < -0.3 is 5.32 Å². The van der Waals surface area contributed by atoms with E-state index in [0.29, 0.717) is 11.1 Å². The number of nitrogens with zero attached hydrogens (tertiary/aromatic N) is 1. The first-order chi connectivity index (χ1) is 9.08. The molecule has 1 heterocycles. The first kappa shape index (κ1) is 13.9. The maximum atomic E-state index is 6.16. The van der Waals surface area contributed by atoms with Crippen LogP contribution in [0.5, 0.6) is 0 Å². The third-order valence-corrected chi connectivity index (χ3v) is 3.41. The van der Waals surface area contributed by atoms with Gasteiger partial charge in [-0.2, -0.15) is 0 Å². The smallest absolute Gasteiger partial charge is 0.152 e. The molecule has 100 valence electrons. The molecule has 1 atom stereocenters. The van der Waals surface area contributed by atoms with E-state index in [1.54, 1.807) is 6.20 Å². The molecule has 0 aliphatic rings. The van der Waals surface area contributed by atoms with Gasteiger partial charge in [-0.1, -0.05) is 55.8 Å². The normalized spacial score (nSPS) is 12.5. The molecular weight excluding hydrogens is 256 g/mol. The Morgan fingerprint density at radius 1 is 1.16 bits per heavy atom. The minimum atomic E-state index is 0.224. The number of benzene rings is 1. The number of aryl methyl sites for hydroxylation is 1. The van der Waals surface area contributed by atoms with Crippen molar-refractivity contribution in [2.45, 2.75) is 26.8 Å². The van der Waals surface area contributed by atoms with Gasteiger partial charge in [0.1, 0.15) is 0 Å². The van der Waals surface area contributed by atoms with Crippen molar-refractivity contribution in [1.82, 2.24) is 4.98 Å². The van der Waals surface area contributed by atoms with Gasteiger partial charge in [-0.3, -0.25) is 0 Å². The number of nitrogens with one attached hydrogen (secondary N) is 1. The summed E-state index contributed by atoms with van der Waals surface area (Å²) in [5.41, 5.74) is 3.25. The molecule has 0 fully saturated rings. The van der Waals surface area contributed by atoms with Crippen LogP contribution in [-0.2, 0) is 0 Å². The molecule has 1 aromatic carbocycles. The number of pyridine rings is 1. The summed E-state index contributed by atoms with van der Waals surface area (Å²) < 4.78 is 0.